The molecule has 0 unspecified atom stereocenters. The Morgan fingerprint density at radius 3 is 1.91 bits per heavy atom. The van der Waals surface area contributed by atoms with Gasteiger partial charge in [-0.2, -0.15) is 0 Å². The summed E-state index contributed by atoms with van der Waals surface area (Å²) in [6.45, 7) is 8.45. The van der Waals surface area contributed by atoms with E-state index in [1.54, 1.807) is 0 Å². The van der Waals surface area contributed by atoms with Crippen LogP contribution in [0.5, 0.6) is 0 Å². The summed E-state index contributed by atoms with van der Waals surface area (Å²) in [6, 6.07) is 0. The quantitative estimate of drug-likeness (QED) is 0.582. The highest BCUT2D eigenvalue weighted by Gasteiger charge is 2.26. The predicted octanol–water partition coefficient (Wildman–Crippen LogP) is 2.18. The molecule has 66 valence electrons. The molecule has 0 spiro atoms. The van der Waals surface area contributed by atoms with Gasteiger partial charge in [-0.25, -0.2) is 0 Å². The van der Waals surface area contributed by atoms with Crippen molar-refractivity contribution in [1.29, 1.82) is 0 Å². The van der Waals surface area contributed by atoms with Crippen molar-refractivity contribution in [3.63, 3.8) is 0 Å². The van der Waals surface area contributed by atoms with Crippen LogP contribution in [-0.2, 0) is 9.47 Å². The van der Waals surface area contributed by atoms with Gasteiger partial charge < -0.3 is 9.47 Å². The van der Waals surface area contributed by atoms with Crippen molar-refractivity contribution in [2.24, 2.45) is 5.92 Å². The van der Waals surface area contributed by atoms with Gasteiger partial charge >= 0.3 is 0 Å². The second-order valence-corrected chi connectivity index (χ2v) is 3.74. The van der Waals surface area contributed by atoms with E-state index < -0.39 is 0 Å². The highest BCUT2D eigenvalue weighted by molar-refractivity contribution is 4.67. The van der Waals surface area contributed by atoms with E-state index >= 15 is 0 Å². The van der Waals surface area contributed by atoms with E-state index in [1.165, 1.54) is 0 Å². The van der Waals surface area contributed by atoms with Crippen molar-refractivity contribution >= 4 is 0 Å². The molecule has 1 aliphatic heterocycles. The second kappa shape index (κ2) is 3.55. The van der Waals surface area contributed by atoms with Gasteiger partial charge in [0.2, 0.25) is 0 Å². The van der Waals surface area contributed by atoms with Crippen LogP contribution in [-0.4, -0.2) is 18.5 Å². The minimum Gasteiger partial charge on any atom is -0.349 e. The van der Waals surface area contributed by atoms with Crippen LogP contribution in [0.4, 0.5) is 0 Å². The van der Waals surface area contributed by atoms with Crippen molar-refractivity contribution in [3.8, 4) is 0 Å². The topological polar surface area (TPSA) is 18.5 Å². The molecule has 1 rings (SSSR count). The predicted molar refractivity (Wildman–Crippen MR) is 44.3 cm³/mol. The maximum Gasteiger partial charge on any atom is 0.160 e. The summed E-state index contributed by atoms with van der Waals surface area (Å²) in [5, 5.41) is 0. The molecule has 1 aliphatic rings. The number of hydrogen-bond acceptors (Lipinski definition) is 2. The lowest BCUT2D eigenvalue weighted by Gasteiger charge is -2.34. The molecular formula is C9H18O2. The highest BCUT2D eigenvalue weighted by atomic mass is 16.7. The Morgan fingerprint density at radius 2 is 1.55 bits per heavy atom. The van der Waals surface area contributed by atoms with Gasteiger partial charge in [0.1, 0.15) is 0 Å². The van der Waals surface area contributed by atoms with Gasteiger partial charge in [0.25, 0.3) is 0 Å². The zero-order valence-electron chi connectivity index (χ0n) is 7.83. The average molecular weight is 158 g/mol. The molecule has 0 saturated carbocycles. The number of hydrogen-bond donors (Lipinski definition) is 0. The van der Waals surface area contributed by atoms with Crippen molar-refractivity contribution in [1.82, 2.24) is 0 Å². The first-order chi connectivity index (χ1) is 5.09. The Labute approximate surface area is 68.9 Å². The molecule has 11 heavy (non-hydrogen) atoms. The summed E-state index contributed by atoms with van der Waals surface area (Å²) in [5.74, 6) is 0.459. The summed E-state index contributed by atoms with van der Waals surface area (Å²) in [5.41, 5.74) is 0. The molecule has 0 bridgehead atoms. The molecule has 1 heterocycles. The van der Waals surface area contributed by atoms with Crippen molar-refractivity contribution in [3.05, 3.63) is 0 Å². The van der Waals surface area contributed by atoms with E-state index in [9.17, 15) is 0 Å². The van der Waals surface area contributed by atoms with Crippen molar-refractivity contribution in [2.75, 3.05) is 0 Å². The number of rotatable bonds is 1. The molecule has 0 aromatic heterocycles. The zero-order chi connectivity index (χ0) is 8.43. The minimum absolute atomic E-state index is 0.00810. The van der Waals surface area contributed by atoms with E-state index in [2.05, 4.69) is 27.7 Å². The fraction of sp³-hybridized carbons (Fsp3) is 1.00. The van der Waals surface area contributed by atoms with Crippen LogP contribution >= 0.6 is 0 Å². The Bertz CT molecular complexity index is 113. The summed E-state index contributed by atoms with van der Waals surface area (Å²) >= 11 is 0. The molecule has 0 amide bonds. The van der Waals surface area contributed by atoms with E-state index in [0.29, 0.717) is 18.1 Å². The molecule has 2 atom stereocenters. The summed E-state index contributed by atoms with van der Waals surface area (Å²) in [7, 11) is 0. The van der Waals surface area contributed by atoms with Gasteiger partial charge in [0, 0.05) is 5.92 Å². The Balaban J connectivity index is 2.43. The van der Waals surface area contributed by atoms with Crippen LogP contribution in [0.15, 0.2) is 0 Å². The van der Waals surface area contributed by atoms with Crippen molar-refractivity contribution < 1.29 is 9.47 Å². The normalized spacial score (nSPS) is 39.5. The first-order valence-electron chi connectivity index (χ1n) is 4.40. The standard InChI is InChI=1S/C9H18O2/c1-6(2)9-10-7(3)5-8(4)11-9/h6-9H,5H2,1-4H3/t7-,8-/m0/s1. The van der Waals surface area contributed by atoms with Gasteiger partial charge in [-0.3, -0.25) is 0 Å². The SMILES string of the molecule is CC(C)C1O[C@@H](C)C[C@H](C)O1. The van der Waals surface area contributed by atoms with E-state index in [-0.39, 0.29) is 6.29 Å². The van der Waals surface area contributed by atoms with Gasteiger partial charge in [0.05, 0.1) is 12.2 Å². The molecular weight excluding hydrogens is 140 g/mol. The van der Waals surface area contributed by atoms with Crippen LogP contribution in [0.2, 0.25) is 0 Å². The molecule has 0 aromatic carbocycles. The Hall–Kier alpha value is -0.0800. The molecule has 0 aliphatic carbocycles. The van der Waals surface area contributed by atoms with Gasteiger partial charge in [-0.1, -0.05) is 13.8 Å². The first kappa shape index (κ1) is 9.01. The molecule has 0 aromatic rings. The summed E-state index contributed by atoms with van der Waals surface area (Å²) in [4.78, 5) is 0. The number of ether oxygens (including phenoxy) is 2. The molecule has 1 fully saturated rings. The third kappa shape index (κ3) is 2.46. The van der Waals surface area contributed by atoms with Crippen LogP contribution in [0, 0.1) is 5.92 Å². The Kier molecular flexibility index (Phi) is 2.90. The van der Waals surface area contributed by atoms with Crippen LogP contribution in [0.25, 0.3) is 0 Å². The second-order valence-electron chi connectivity index (χ2n) is 3.74. The monoisotopic (exact) mass is 158 g/mol. The molecule has 1 saturated heterocycles. The van der Waals surface area contributed by atoms with Gasteiger partial charge in [-0.15, -0.1) is 0 Å². The first-order valence-corrected chi connectivity index (χ1v) is 4.40. The molecule has 0 N–H and O–H groups in total. The summed E-state index contributed by atoms with van der Waals surface area (Å²) in [6.07, 6.45) is 1.73. The fourth-order valence-electron chi connectivity index (χ4n) is 1.38. The summed E-state index contributed by atoms with van der Waals surface area (Å²) < 4.78 is 11.2. The van der Waals surface area contributed by atoms with Gasteiger partial charge in [0.15, 0.2) is 6.29 Å². The van der Waals surface area contributed by atoms with Crippen LogP contribution in [0.1, 0.15) is 34.1 Å². The largest absolute Gasteiger partial charge is 0.349 e. The smallest absolute Gasteiger partial charge is 0.160 e. The Morgan fingerprint density at radius 1 is 1.09 bits per heavy atom. The maximum atomic E-state index is 5.60. The molecule has 0 radical (unpaired) electrons. The zero-order valence-corrected chi connectivity index (χ0v) is 7.83. The average Bonchev–Trinajstić information content (AvgIpc) is 1.85. The van der Waals surface area contributed by atoms with Crippen LogP contribution in [0.3, 0.4) is 0 Å². The maximum absolute atomic E-state index is 5.60. The lowest BCUT2D eigenvalue weighted by Crippen LogP contribution is -2.38. The van der Waals surface area contributed by atoms with E-state index in [0.717, 1.165) is 6.42 Å². The van der Waals surface area contributed by atoms with E-state index in [4.69, 9.17) is 9.47 Å². The van der Waals surface area contributed by atoms with Crippen molar-refractivity contribution in [2.45, 2.75) is 52.6 Å². The lowest BCUT2D eigenvalue weighted by atomic mass is 10.1. The van der Waals surface area contributed by atoms with E-state index in [1.807, 2.05) is 0 Å². The molecule has 2 nitrogen and oxygen atoms in total. The van der Waals surface area contributed by atoms with Crippen LogP contribution < -0.4 is 0 Å². The third-order valence-electron chi connectivity index (χ3n) is 1.94. The lowest BCUT2D eigenvalue weighted by molar-refractivity contribution is -0.251. The van der Waals surface area contributed by atoms with Gasteiger partial charge in [-0.05, 0) is 20.3 Å². The minimum atomic E-state index is 0.00810. The molecule has 2 heteroatoms. The highest BCUT2D eigenvalue weighted by Crippen LogP contribution is 2.22. The third-order valence-corrected chi connectivity index (χ3v) is 1.94. The fourth-order valence-corrected chi connectivity index (χ4v) is 1.38.